The predicted molar refractivity (Wildman–Crippen MR) is 86.8 cm³/mol. The lowest BCUT2D eigenvalue weighted by Crippen LogP contribution is -1.94. The molecule has 0 aliphatic rings. The Morgan fingerprint density at radius 3 is 2.35 bits per heavy atom. The Kier molecular flexibility index (Phi) is 3.77. The molecule has 0 amide bonds. The van der Waals surface area contributed by atoms with Crippen LogP contribution >= 0.6 is 10.7 Å². The highest BCUT2D eigenvalue weighted by molar-refractivity contribution is 8.13. The Balaban J connectivity index is 2.13. The normalized spacial score (nSPS) is 11.8. The Labute approximate surface area is 137 Å². The minimum absolute atomic E-state index is 0.0317. The highest BCUT2D eigenvalue weighted by Gasteiger charge is 2.27. The molecule has 0 atom stereocenters. The van der Waals surface area contributed by atoms with Gasteiger partial charge in [0, 0.05) is 27.6 Å². The Bertz CT molecular complexity index is 972. The van der Waals surface area contributed by atoms with E-state index in [1.54, 1.807) is 13.8 Å². The van der Waals surface area contributed by atoms with E-state index in [0.717, 1.165) is 11.1 Å². The van der Waals surface area contributed by atoms with Gasteiger partial charge in [-0.2, -0.15) is 4.98 Å². The van der Waals surface area contributed by atoms with Crippen LogP contribution in [0.4, 0.5) is 0 Å². The number of aryl methyl sites for hydroxylation is 3. The molecule has 0 spiro atoms. The van der Waals surface area contributed by atoms with Crippen molar-refractivity contribution >= 4 is 19.7 Å². The second-order valence-corrected chi connectivity index (χ2v) is 7.81. The van der Waals surface area contributed by atoms with Crippen LogP contribution < -0.4 is 0 Å². The first kappa shape index (κ1) is 15.8. The molecule has 23 heavy (non-hydrogen) atoms. The van der Waals surface area contributed by atoms with Crippen molar-refractivity contribution in [2.45, 2.75) is 25.7 Å². The predicted octanol–water partition coefficient (Wildman–Crippen LogP) is 3.58. The van der Waals surface area contributed by atoms with E-state index in [0.29, 0.717) is 22.8 Å². The summed E-state index contributed by atoms with van der Waals surface area (Å²) in [7, 11) is 1.60. The first-order valence-corrected chi connectivity index (χ1v) is 9.13. The lowest BCUT2D eigenvalue weighted by atomic mass is 10.1. The Hall–Kier alpha value is -2.12. The number of benzene rings is 1. The molecule has 0 aliphatic carbocycles. The second kappa shape index (κ2) is 5.50. The number of H-pyrrole nitrogens is 1. The SMILES string of the molecule is Cc1ccc(-c2noc(-c3c(C)[nH]c(C)c3S(=O)(=O)Cl)n2)cc1. The standard InChI is InChI=1S/C15H14ClN3O3S/c1-8-4-6-11(7-5-8)14-18-15(22-19-14)12-9(2)17-10(3)13(12)23(16,20)21/h4-7,17H,1-3H3. The first-order chi connectivity index (χ1) is 10.8. The van der Waals surface area contributed by atoms with Gasteiger partial charge in [0.05, 0.1) is 5.56 Å². The summed E-state index contributed by atoms with van der Waals surface area (Å²) in [6, 6.07) is 7.62. The lowest BCUT2D eigenvalue weighted by Gasteiger charge is -1.98. The van der Waals surface area contributed by atoms with Crippen LogP contribution in [0.1, 0.15) is 17.0 Å². The van der Waals surface area contributed by atoms with E-state index in [4.69, 9.17) is 15.2 Å². The van der Waals surface area contributed by atoms with E-state index in [1.807, 2.05) is 31.2 Å². The third kappa shape index (κ3) is 2.89. The molecule has 3 aromatic rings. The first-order valence-electron chi connectivity index (χ1n) is 6.82. The van der Waals surface area contributed by atoms with Crippen LogP contribution in [0.3, 0.4) is 0 Å². The van der Waals surface area contributed by atoms with Crippen molar-refractivity contribution in [1.82, 2.24) is 15.1 Å². The van der Waals surface area contributed by atoms with Crippen LogP contribution in [-0.2, 0) is 9.05 Å². The number of rotatable bonds is 3. The van der Waals surface area contributed by atoms with E-state index in [9.17, 15) is 8.42 Å². The van der Waals surface area contributed by atoms with Crippen molar-refractivity contribution in [1.29, 1.82) is 0 Å². The topological polar surface area (TPSA) is 88.9 Å². The van der Waals surface area contributed by atoms with E-state index >= 15 is 0 Å². The van der Waals surface area contributed by atoms with Gasteiger partial charge in [-0.15, -0.1) is 0 Å². The van der Waals surface area contributed by atoms with Crippen LogP contribution in [0, 0.1) is 20.8 Å². The molecule has 0 saturated heterocycles. The fraction of sp³-hybridized carbons (Fsp3) is 0.200. The number of halogens is 1. The van der Waals surface area contributed by atoms with Gasteiger partial charge in [-0.1, -0.05) is 35.0 Å². The minimum Gasteiger partial charge on any atom is -0.361 e. The maximum Gasteiger partial charge on any atom is 0.263 e. The van der Waals surface area contributed by atoms with Crippen LogP contribution in [-0.4, -0.2) is 23.5 Å². The van der Waals surface area contributed by atoms with Gasteiger partial charge in [0.25, 0.3) is 14.9 Å². The summed E-state index contributed by atoms with van der Waals surface area (Å²) in [5, 5.41) is 3.93. The number of hydrogen-bond acceptors (Lipinski definition) is 5. The van der Waals surface area contributed by atoms with Gasteiger partial charge in [0.1, 0.15) is 4.90 Å². The van der Waals surface area contributed by atoms with Crippen molar-refractivity contribution in [3.8, 4) is 22.8 Å². The quantitative estimate of drug-likeness (QED) is 0.728. The van der Waals surface area contributed by atoms with Gasteiger partial charge in [0.15, 0.2) is 0 Å². The highest BCUT2D eigenvalue weighted by atomic mass is 35.7. The summed E-state index contributed by atoms with van der Waals surface area (Å²) < 4.78 is 28.9. The molecule has 1 aromatic carbocycles. The Morgan fingerprint density at radius 1 is 1.09 bits per heavy atom. The van der Waals surface area contributed by atoms with E-state index < -0.39 is 9.05 Å². The third-order valence-corrected chi connectivity index (χ3v) is 4.97. The molecule has 120 valence electrons. The average molecular weight is 352 g/mol. The van der Waals surface area contributed by atoms with Gasteiger partial charge in [-0.25, -0.2) is 8.42 Å². The maximum absolute atomic E-state index is 11.8. The van der Waals surface area contributed by atoms with Crippen LogP contribution in [0.2, 0.25) is 0 Å². The molecule has 8 heteroatoms. The zero-order valence-electron chi connectivity index (χ0n) is 12.7. The van der Waals surface area contributed by atoms with Crippen molar-refractivity contribution in [3.05, 3.63) is 41.2 Å². The molecule has 0 fully saturated rings. The van der Waals surface area contributed by atoms with Crippen molar-refractivity contribution in [2.75, 3.05) is 0 Å². The van der Waals surface area contributed by atoms with Crippen molar-refractivity contribution in [3.63, 3.8) is 0 Å². The summed E-state index contributed by atoms with van der Waals surface area (Å²) in [5.74, 6) is 0.498. The monoisotopic (exact) mass is 351 g/mol. The van der Waals surface area contributed by atoms with Crippen molar-refractivity contribution < 1.29 is 12.9 Å². The summed E-state index contributed by atoms with van der Waals surface area (Å²) in [6.07, 6.45) is 0. The Morgan fingerprint density at radius 2 is 1.74 bits per heavy atom. The third-order valence-electron chi connectivity index (χ3n) is 3.51. The summed E-state index contributed by atoms with van der Waals surface area (Å²) >= 11 is 0. The average Bonchev–Trinajstić information content (AvgIpc) is 3.03. The molecule has 0 saturated carbocycles. The second-order valence-electron chi connectivity index (χ2n) is 5.31. The minimum atomic E-state index is -3.94. The van der Waals surface area contributed by atoms with E-state index in [2.05, 4.69) is 15.1 Å². The lowest BCUT2D eigenvalue weighted by molar-refractivity contribution is 0.431. The van der Waals surface area contributed by atoms with E-state index in [-0.39, 0.29) is 10.8 Å². The molecule has 3 rings (SSSR count). The molecular weight excluding hydrogens is 338 g/mol. The van der Waals surface area contributed by atoms with Gasteiger partial charge in [-0.3, -0.25) is 0 Å². The molecule has 0 aliphatic heterocycles. The number of aromatic amines is 1. The fourth-order valence-corrected chi connectivity index (χ4v) is 3.95. The molecule has 2 aromatic heterocycles. The zero-order chi connectivity index (χ0) is 16.8. The number of nitrogens with one attached hydrogen (secondary N) is 1. The fourth-order valence-electron chi connectivity index (χ4n) is 2.47. The molecule has 6 nitrogen and oxygen atoms in total. The van der Waals surface area contributed by atoms with Crippen molar-refractivity contribution in [2.24, 2.45) is 0 Å². The van der Waals surface area contributed by atoms with E-state index in [1.165, 1.54) is 0 Å². The molecular formula is C15H14ClN3O3S. The smallest absolute Gasteiger partial charge is 0.263 e. The largest absolute Gasteiger partial charge is 0.361 e. The van der Waals surface area contributed by atoms with Crippen LogP contribution in [0.15, 0.2) is 33.7 Å². The summed E-state index contributed by atoms with van der Waals surface area (Å²) in [4.78, 5) is 7.22. The van der Waals surface area contributed by atoms with Gasteiger partial charge >= 0.3 is 0 Å². The number of nitrogens with zero attached hydrogens (tertiary/aromatic N) is 2. The van der Waals surface area contributed by atoms with Gasteiger partial charge in [-0.05, 0) is 20.8 Å². The number of aromatic nitrogens is 3. The highest BCUT2D eigenvalue weighted by Crippen LogP contribution is 2.35. The molecule has 0 bridgehead atoms. The molecule has 2 heterocycles. The van der Waals surface area contributed by atoms with Gasteiger partial charge < -0.3 is 9.51 Å². The van der Waals surface area contributed by atoms with Crippen LogP contribution in [0.5, 0.6) is 0 Å². The summed E-state index contributed by atoms with van der Waals surface area (Å²) in [5.41, 5.74) is 3.24. The molecule has 0 radical (unpaired) electrons. The number of hydrogen-bond donors (Lipinski definition) is 1. The van der Waals surface area contributed by atoms with Gasteiger partial charge in [0.2, 0.25) is 5.82 Å². The van der Waals surface area contributed by atoms with Crippen LogP contribution in [0.25, 0.3) is 22.8 Å². The maximum atomic E-state index is 11.8. The summed E-state index contributed by atoms with van der Waals surface area (Å²) in [6.45, 7) is 5.33. The molecule has 0 unspecified atom stereocenters. The molecule has 1 N–H and O–H groups in total. The zero-order valence-corrected chi connectivity index (χ0v) is 14.3.